The molecule has 1 N–H and O–H groups in total. The van der Waals surface area contributed by atoms with Crippen LogP contribution in [-0.2, 0) is 0 Å². The zero-order chi connectivity index (χ0) is 19.0. The van der Waals surface area contributed by atoms with E-state index in [9.17, 15) is 4.79 Å². The molecule has 3 heterocycles. The Hall–Kier alpha value is -3.68. The van der Waals surface area contributed by atoms with Crippen LogP contribution in [0.15, 0.2) is 51.4 Å². The first-order valence-electron chi connectivity index (χ1n) is 8.35. The van der Waals surface area contributed by atoms with Crippen molar-refractivity contribution in [1.29, 1.82) is 0 Å². The van der Waals surface area contributed by atoms with Crippen LogP contribution in [0, 0.1) is 20.8 Å². The Morgan fingerprint density at radius 3 is 2.56 bits per heavy atom. The van der Waals surface area contributed by atoms with Gasteiger partial charge in [0, 0.05) is 0 Å². The standard InChI is InChI=1S/C19H17N5O3/c1-11-9-15(13(3)26-11)18-22-23-19(27-18)21-17(25)16-10-20-24(12(16)2)14-7-5-4-6-8-14/h4-10H,1-3H3,(H,21,23,25). The molecule has 0 radical (unpaired) electrons. The van der Waals surface area contributed by atoms with Crippen LogP contribution in [0.5, 0.6) is 0 Å². The molecule has 0 spiro atoms. The summed E-state index contributed by atoms with van der Waals surface area (Å²) in [5.74, 6) is 1.34. The van der Waals surface area contributed by atoms with Gasteiger partial charge >= 0.3 is 6.01 Å². The van der Waals surface area contributed by atoms with E-state index in [1.165, 1.54) is 6.20 Å². The number of benzene rings is 1. The van der Waals surface area contributed by atoms with Gasteiger partial charge in [-0.3, -0.25) is 10.1 Å². The van der Waals surface area contributed by atoms with Gasteiger partial charge in [0.15, 0.2) is 0 Å². The summed E-state index contributed by atoms with van der Waals surface area (Å²) in [5, 5.41) is 14.8. The van der Waals surface area contributed by atoms with Gasteiger partial charge in [0.2, 0.25) is 0 Å². The molecule has 8 nitrogen and oxygen atoms in total. The fraction of sp³-hybridized carbons (Fsp3) is 0.158. The number of aromatic nitrogens is 4. The summed E-state index contributed by atoms with van der Waals surface area (Å²) >= 11 is 0. The highest BCUT2D eigenvalue weighted by Crippen LogP contribution is 2.26. The number of nitrogens with one attached hydrogen (secondary N) is 1. The van der Waals surface area contributed by atoms with Crippen LogP contribution in [0.3, 0.4) is 0 Å². The third-order valence-electron chi connectivity index (χ3n) is 4.17. The number of carbonyl (C=O) groups is 1. The minimum Gasteiger partial charge on any atom is -0.466 e. The summed E-state index contributed by atoms with van der Waals surface area (Å²) in [6.45, 7) is 5.47. The predicted molar refractivity (Wildman–Crippen MR) is 97.7 cm³/mol. The molecule has 3 aromatic heterocycles. The van der Waals surface area contributed by atoms with Crippen LogP contribution < -0.4 is 5.32 Å². The van der Waals surface area contributed by atoms with E-state index in [1.54, 1.807) is 4.68 Å². The summed E-state index contributed by atoms with van der Waals surface area (Å²) in [6.07, 6.45) is 1.51. The zero-order valence-electron chi connectivity index (χ0n) is 15.1. The monoisotopic (exact) mass is 363 g/mol. The lowest BCUT2D eigenvalue weighted by molar-refractivity contribution is 0.102. The molecular weight excluding hydrogens is 346 g/mol. The quantitative estimate of drug-likeness (QED) is 0.594. The number of nitrogens with zero attached hydrogens (tertiary/aromatic N) is 4. The Bertz CT molecular complexity index is 1110. The molecule has 0 fully saturated rings. The predicted octanol–water partition coefficient (Wildman–Crippen LogP) is 3.69. The molecule has 0 bridgehead atoms. The van der Waals surface area contributed by atoms with Gasteiger partial charge in [-0.25, -0.2) is 4.68 Å². The SMILES string of the molecule is Cc1cc(-c2nnc(NC(=O)c3cnn(-c4ccccc4)c3C)o2)c(C)o1. The number of aryl methyl sites for hydroxylation is 2. The molecule has 0 saturated carbocycles. The number of hydrogen-bond acceptors (Lipinski definition) is 6. The molecule has 1 amide bonds. The first-order chi connectivity index (χ1) is 13.0. The van der Waals surface area contributed by atoms with Gasteiger partial charge in [-0.05, 0) is 39.0 Å². The van der Waals surface area contributed by atoms with Crippen molar-refractivity contribution < 1.29 is 13.6 Å². The average Bonchev–Trinajstić information content (AvgIpc) is 3.34. The molecule has 4 rings (SSSR count). The smallest absolute Gasteiger partial charge is 0.322 e. The molecule has 0 aliphatic heterocycles. The topological polar surface area (TPSA) is 99.0 Å². The summed E-state index contributed by atoms with van der Waals surface area (Å²) in [4.78, 5) is 12.6. The van der Waals surface area contributed by atoms with Crippen molar-refractivity contribution in [2.45, 2.75) is 20.8 Å². The van der Waals surface area contributed by atoms with Gasteiger partial charge in [0.05, 0.1) is 28.7 Å². The number of anilines is 1. The molecule has 0 aliphatic rings. The van der Waals surface area contributed by atoms with E-state index in [1.807, 2.05) is 57.2 Å². The van der Waals surface area contributed by atoms with Crippen molar-refractivity contribution in [2.24, 2.45) is 0 Å². The normalized spacial score (nSPS) is 10.9. The summed E-state index contributed by atoms with van der Waals surface area (Å²) < 4.78 is 12.7. The van der Waals surface area contributed by atoms with E-state index < -0.39 is 0 Å². The van der Waals surface area contributed by atoms with Gasteiger partial charge in [0.1, 0.15) is 11.5 Å². The first-order valence-corrected chi connectivity index (χ1v) is 8.35. The van der Waals surface area contributed by atoms with Crippen LogP contribution in [0.1, 0.15) is 27.6 Å². The summed E-state index contributed by atoms with van der Waals surface area (Å²) in [5.41, 5.74) is 2.71. The maximum atomic E-state index is 12.6. The number of hydrogen-bond donors (Lipinski definition) is 1. The molecule has 136 valence electrons. The fourth-order valence-electron chi connectivity index (χ4n) is 2.85. The highest BCUT2D eigenvalue weighted by atomic mass is 16.4. The molecule has 8 heteroatoms. The lowest BCUT2D eigenvalue weighted by atomic mass is 10.2. The number of rotatable bonds is 4. The molecule has 0 unspecified atom stereocenters. The van der Waals surface area contributed by atoms with Crippen molar-refractivity contribution in [3.63, 3.8) is 0 Å². The van der Waals surface area contributed by atoms with Crippen LogP contribution >= 0.6 is 0 Å². The Labute approximate surface area is 154 Å². The second kappa shape index (κ2) is 6.56. The molecule has 4 aromatic rings. The van der Waals surface area contributed by atoms with E-state index in [2.05, 4.69) is 20.6 Å². The Balaban J connectivity index is 1.55. The lowest BCUT2D eigenvalue weighted by Gasteiger charge is -2.04. The van der Waals surface area contributed by atoms with E-state index in [-0.39, 0.29) is 17.8 Å². The highest BCUT2D eigenvalue weighted by Gasteiger charge is 2.19. The Morgan fingerprint density at radius 2 is 1.85 bits per heavy atom. The van der Waals surface area contributed by atoms with E-state index in [0.717, 1.165) is 11.4 Å². The zero-order valence-corrected chi connectivity index (χ0v) is 15.1. The molecule has 1 aromatic carbocycles. The highest BCUT2D eigenvalue weighted by molar-refractivity contribution is 6.03. The molecular formula is C19H17N5O3. The van der Waals surface area contributed by atoms with Crippen LogP contribution in [0.4, 0.5) is 6.01 Å². The molecule has 27 heavy (non-hydrogen) atoms. The number of amides is 1. The Kier molecular flexibility index (Phi) is 4.08. The van der Waals surface area contributed by atoms with Crippen molar-refractivity contribution >= 4 is 11.9 Å². The third kappa shape index (κ3) is 3.12. The van der Waals surface area contributed by atoms with Crippen molar-refractivity contribution in [1.82, 2.24) is 20.0 Å². The van der Waals surface area contributed by atoms with Crippen molar-refractivity contribution in [3.8, 4) is 17.1 Å². The van der Waals surface area contributed by atoms with Gasteiger partial charge in [0.25, 0.3) is 11.8 Å². The minimum absolute atomic E-state index is 0.0140. The van der Waals surface area contributed by atoms with E-state index in [4.69, 9.17) is 8.83 Å². The number of para-hydroxylation sites is 1. The van der Waals surface area contributed by atoms with E-state index >= 15 is 0 Å². The van der Waals surface area contributed by atoms with Crippen LogP contribution in [0.2, 0.25) is 0 Å². The van der Waals surface area contributed by atoms with E-state index in [0.29, 0.717) is 22.6 Å². The fourth-order valence-corrected chi connectivity index (χ4v) is 2.85. The van der Waals surface area contributed by atoms with Gasteiger partial charge in [-0.2, -0.15) is 5.10 Å². The molecule has 0 atom stereocenters. The average molecular weight is 363 g/mol. The molecule has 0 aliphatic carbocycles. The van der Waals surface area contributed by atoms with Gasteiger partial charge in [-0.1, -0.05) is 23.3 Å². The maximum absolute atomic E-state index is 12.6. The maximum Gasteiger partial charge on any atom is 0.322 e. The second-order valence-corrected chi connectivity index (χ2v) is 6.08. The number of furan rings is 1. The minimum atomic E-state index is -0.370. The van der Waals surface area contributed by atoms with Crippen molar-refractivity contribution in [3.05, 3.63) is 65.4 Å². The van der Waals surface area contributed by atoms with Gasteiger partial charge in [-0.15, -0.1) is 5.10 Å². The van der Waals surface area contributed by atoms with Gasteiger partial charge < -0.3 is 8.83 Å². The first kappa shape index (κ1) is 16.8. The summed E-state index contributed by atoms with van der Waals surface area (Å²) in [7, 11) is 0. The number of carbonyl (C=O) groups excluding carboxylic acids is 1. The molecule has 0 saturated heterocycles. The largest absolute Gasteiger partial charge is 0.466 e. The Morgan fingerprint density at radius 1 is 1.07 bits per heavy atom. The van der Waals surface area contributed by atoms with Crippen molar-refractivity contribution in [2.75, 3.05) is 5.32 Å². The second-order valence-electron chi connectivity index (χ2n) is 6.08. The lowest BCUT2D eigenvalue weighted by Crippen LogP contribution is -2.13. The summed E-state index contributed by atoms with van der Waals surface area (Å²) in [6, 6.07) is 11.4. The third-order valence-corrected chi connectivity index (χ3v) is 4.17. The van der Waals surface area contributed by atoms with Crippen LogP contribution in [-0.4, -0.2) is 25.9 Å². The van der Waals surface area contributed by atoms with Crippen LogP contribution in [0.25, 0.3) is 17.1 Å².